The number of likely N-dealkylation sites (tertiary alicyclic amines) is 1. The van der Waals surface area contributed by atoms with Crippen LogP contribution in [0.15, 0.2) is 48.9 Å². The van der Waals surface area contributed by atoms with E-state index in [9.17, 15) is 4.79 Å². The zero-order chi connectivity index (χ0) is 28.3. The number of amides is 2. The number of benzene rings is 1. The number of aromatic nitrogens is 3. The van der Waals surface area contributed by atoms with Crippen LogP contribution in [0.4, 0.5) is 22.1 Å². The number of nitrogens with one attached hydrogen (secondary N) is 2. The fourth-order valence-electron chi connectivity index (χ4n) is 4.94. The number of anilines is 3. The van der Waals surface area contributed by atoms with E-state index >= 15 is 0 Å². The first-order chi connectivity index (χ1) is 19.1. The van der Waals surface area contributed by atoms with Crippen LogP contribution in [-0.2, 0) is 11.3 Å². The number of carbonyl (C=O) groups is 1. The second-order valence-corrected chi connectivity index (χ2v) is 11.7. The molecular weight excluding hydrogens is 504 g/mol. The van der Waals surface area contributed by atoms with E-state index in [4.69, 9.17) is 4.74 Å². The molecule has 5 rings (SSSR count). The molecular formula is C30H40N8O2. The predicted molar refractivity (Wildman–Crippen MR) is 158 cm³/mol. The maximum atomic E-state index is 12.5. The third-order valence-corrected chi connectivity index (χ3v) is 7.26. The molecule has 3 aromatic rings. The molecule has 10 heteroatoms. The molecule has 2 aliphatic rings. The Labute approximate surface area is 236 Å². The van der Waals surface area contributed by atoms with Crippen LogP contribution in [0.2, 0.25) is 0 Å². The molecule has 0 spiro atoms. The Kier molecular flexibility index (Phi) is 8.18. The number of hydrogen-bond donors (Lipinski definition) is 2. The lowest BCUT2D eigenvalue weighted by Gasteiger charge is -2.41. The van der Waals surface area contributed by atoms with Gasteiger partial charge in [-0.1, -0.05) is 12.1 Å². The summed E-state index contributed by atoms with van der Waals surface area (Å²) in [6.07, 6.45) is 3.58. The second-order valence-electron chi connectivity index (χ2n) is 11.7. The molecule has 212 valence electrons. The lowest BCUT2D eigenvalue weighted by Crippen LogP contribution is -2.59. The van der Waals surface area contributed by atoms with E-state index in [1.54, 1.807) is 11.2 Å². The summed E-state index contributed by atoms with van der Waals surface area (Å²) in [7, 11) is 2.15. The number of carbonyl (C=O) groups excluding carboxylic acids is 1. The van der Waals surface area contributed by atoms with Gasteiger partial charge in [-0.3, -0.25) is 0 Å². The summed E-state index contributed by atoms with van der Waals surface area (Å²) in [5, 5.41) is 6.33. The number of urea groups is 1. The van der Waals surface area contributed by atoms with Gasteiger partial charge in [-0.25, -0.2) is 19.7 Å². The average Bonchev–Trinajstić information content (AvgIpc) is 2.90. The molecule has 2 saturated heterocycles. The molecule has 2 N–H and O–H groups in total. The van der Waals surface area contributed by atoms with Gasteiger partial charge >= 0.3 is 6.03 Å². The Morgan fingerprint density at radius 2 is 1.77 bits per heavy atom. The van der Waals surface area contributed by atoms with Gasteiger partial charge in [0.05, 0.1) is 42.4 Å². The number of likely N-dealkylation sites (N-methyl/N-ethyl adjacent to an activating group) is 1. The van der Waals surface area contributed by atoms with Crippen molar-refractivity contribution < 1.29 is 9.53 Å². The van der Waals surface area contributed by atoms with Gasteiger partial charge < -0.3 is 30.1 Å². The Morgan fingerprint density at radius 1 is 1.00 bits per heavy atom. The lowest BCUT2D eigenvalue weighted by atomic mass is 10.0. The number of piperazine rings is 1. The minimum absolute atomic E-state index is 0.0612. The van der Waals surface area contributed by atoms with Crippen LogP contribution in [0.1, 0.15) is 31.9 Å². The van der Waals surface area contributed by atoms with Crippen molar-refractivity contribution in [3.63, 3.8) is 0 Å². The van der Waals surface area contributed by atoms with Crippen LogP contribution in [0.25, 0.3) is 11.3 Å². The van der Waals surface area contributed by atoms with Crippen molar-refractivity contribution >= 4 is 23.4 Å². The molecule has 2 aliphatic heterocycles. The van der Waals surface area contributed by atoms with Crippen molar-refractivity contribution in [2.45, 2.75) is 45.9 Å². The Balaban J connectivity index is 1.15. The van der Waals surface area contributed by atoms with Crippen molar-refractivity contribution in [2.24, 2.45) is 0 Å². The first kappa shape index (κ1) is 27.8. The number of aryl methyl sites for hydroxylation is 1. The summed E-state index contributed by atoms with van der Waals surface area (Å²) in [4.78, 5) is 32.5. The van der Waals surface area contributed by atoms with Crippen molar-refractivity contribution in [2.75, 3.05) is 56.5 Å². The summed E-state index contributed by atoms with van der Waals surface area (Å²) in [5.41, 5.74) is 4.90. The van der Waals surface area contributed by atoms with Gasteiger partial charge in [0.1, 0.15) is 18.0 Å². The second kappa shape index (κ2) is 11.8. The normalized spacial score (nSPS) is 16.5. The van der Waals surface area contributed by atoms with E-state index < -0.39 is 0 Å². The SMILES string of the molecule is Cc1cc(-c2cc(Nc3ccc(N4CCN(C)CC4)cn3)ncn2)ccc1CNC(=O)N1CC(OC(C)(C)C)C1. The standard InChI is InChI=1S/C30H40N8O2/c1-21-14-22(6-7-23(21)16-32-29(39)38-18-25(19-38)40-30(2,3)4)26-15-28(34-20-33-26)35-27-9-8-24(17-31-27)37-12-10-36(5)11-13-37/h6-9,14-15,17,20,25H,10-13,16,18-19H2,1-5H3,(H,32,39)(H,31,33,34,35). The molecule has 2 fully saturated rings. The van der Waals surface area contributed by atoms with Crippen LogP contribution >= 0.6 is 0 Å². The van der Waals surface area contributed by atoms with Crippen LogP contribution in [-0.4, -0.2) is 88.8 Å². The summed E-state index contributed by atoms with van der Waals surface area (Å²) in [6.45, 7) is 14.0. The van der Waals surface area contributed by atoms with Crippen LogP contribution in [0, 0.1) is 6.92 Å². The first-order valence-corrected chi connectivity index (χ1v) is 13.9. The minimum atomic E-state index is -0.195. The molecule has 2 amide bonds. The molecule has 0 radical (unpaired) electrons. The molecule has 0 saturated carbocycles. The average molecular weight is 545 g/mol. The summed E-state index contributed by atoms with van der Waals surface area (Å²) in [6, 6.07) is 12.1. The fourth-order valence-corrected chi connectivity index (χ4v) is 4.94. The fraction of sp³-hybridized carbons (Fsp3) is 0.467. The van der Waals surface area contributed by atoms with Gasteiger partial charge in [0.15, 0.2) is 0 Å². The highest BCUT2D eigenvalue weighted by Crippen LogP contribution is 2.25. The Morgan fingerprint density at radius 3 is 2.45 bits per heavy atom. The molecule has 0 atom stereocenters. The third-order valence-electron chi connectivity index (χ3n) is 7.26. The van der Waals surface area contributed by atoms with E-state index in [1.165, 1.54) is 0 Å². The van der Waals surface area contributed by atoms with E-state index in [-0.39, 0.29) is 17.7 Å². The van der Waals surface area contributed by atoms with Gasteiger partial charge in [-0.2, -0.15) is 0 Å². The van der Waals surface area contributed by atoms with E-state index in [1.807, 2.05) is 58.2 Å². The molecule has 1 aromatic carbocycles. The van der Waals surface area contributed by atoms with Gasteiger partial charge in [0.25, 0.3) is 0 Å². The first-order valence-electron chi connectivity index (χ1n) is 13.9. The van der Waals surface area contributed by atoms with Crippen molar-refractivity contribution in [3.8, 4) is 11.3 Å². The molecule has 40 heavy (non-hydrogen) atoms. The van der Waals surface area contributed by atoms with Crippen molar-refractivity contribution in [1.29, 1.82) is 0 Å². The zero-order valence-corrected chi connectivity index (χ0v) is 24.1. The summed E-state index contributed by atoms with van der Waals surface area (Å²) >= 11 is 0. The van der Waals surface area contributed by atoms with Gasteiger partial charge in [0.2, 0.25) is 0 Å². The number of nitrogens with zero attached hydrogens (tertiary/aromatic N) is 6. The van der Waals surface area contributed by atoms with Gasteiger partial charge in [0, 0.05) is 44.4 Å². The molecule has 0 aliphatic carbocycles. The van der Waals surface area contributed by atoms with Crippen LogP contribution in [0.3, 0.4) is 0 Å². The summed E-state index contributed by atoms with van der Waals surface area (Å²) < 4.78 is 5.92. The zero-order valence-electron chi connectivity index (χ0n) is 24.1. The Hall–Kier alpha value is -3.76. The van der Waals surface area contributed by atoms with Crippen LogP contribution in [0.5, 0.6) is 0 Å². The number of pyridine rings is 1. The molecule has 2 aromatic heterocycles. The predicted octanol–water partition coefficient (Wildman–Crippen LogP) is 4.05. The molecule has 0 bridgehead atoms. The largest absolute Gasteiger partial charge is 0.369 e. The number of ether oxygens (including phenoxy) is 1. The van der Waals surface area contributed by atoms with E-state index in [0.717, 1.165) is 60.1 Å². The van der Waals surface area contributed by atoms with Crippen LogP contribution < -0.4 is 15.5 Å². The maximum absolute atomic E-state index is 12.5. The molecule has 0 unspecified atom stereocenters. The Bertz CT molecular complexity index is 1310. The summed E-state index contributed by atoms with van der Waals surface area (Å²) in [5.74, 6) is 1.42. The highest BCUT2D eigenvalue weighted by atomic mass is 16.5. The van der Waals surface area contributed by atoms with Gasteiger partial charge in [-0.05, 0) is 64.1 Å². The minimum Gasteiger partial charge on any atom is -0.369 e. The molecule has 10 nitrogen and oxygen atoms in total. The third kappa shape index (κ3) is 7.05. The lowest BCUT2D eigenvalue weighted by molar-refractivity contribution is -0.111. The number of hydrogen-bond acceptors (Lipinski definition) is 8. The van der Waals surface area contributed by atoms with Crippen molar-refractivity contribution in [3.05, 3.63) is 60.0 Å². The maximum Gasteiger partial charge on any atom is 0.317 e. The monoisotopic (exact) mass is 544 g/mol. The van der Waals surface area contributed by atoms with Crippen molar-refractivity contribution in [1.82, 2.24) is 30.1 Å². The topological polar surface area (TPSA) is 98.8 Å². The highest BCUT2D eigenvalue weighted by Gasteiger charge is 2.34. The highest BCUT2D eigenvalue weighted by molar-refractivity contribution is 5.75. The number of rotatable bonds is 7. The quantitative estimate of drug-likeness (QED) is 0.460. The molecule has 4 heterocycles. The van der Waals surface area contributed by atoms with E-state index in [2.05, 4.69) is 54.6 Å². The van der Waals surface area contributed by atoms with Gasteiger partial charge in [-0.15, -0.1) is 0 Å². The smallest absolute Gasteiger partial charge is 0.317 e. The van der Waals surface area contributed by atoms with E-state index in [0.29, 0.717) is 25.5 Å².